The summed E-state index contributed by atoms with van der Waals surface area (Å²) < 4.78 is 18.4. The van der Waals surface area contributed by atoms with Crippen LogP contribution in [0.1, 0.15) is 11.1 Å². The predicted molar refractivity (Wildman–Crippen MR) is 73.0 cm³/mol. The number of phenols is 1. The van der Waals surface area contributed by atoms with Crippen LogP contribution in [0.4, 0.5) is 10.1 Å². The summed E-state index contributed by atoms with van der Waals surface area (Å²) in [7, 11) is 1.54. The quantitative estimate of drug-likeness (QED) is 0.856. The Hall–Kier alpha value is -2.36. The third-order valence-corrected chi connectivity index (χ3v) is 2.74. The highest BCUT2D eigenvalue weighted by Gasteiger charge is 2.01. The van der Waals surface area contributed by atoms with Crippen molar-refractivity contribution in [1.29, 1.82) is 0 Å². The SMILES string of the molecule is COc1ccc(O)c(C=Nc2ccc(C)c(F)c2)c1. The molecule has 19 heavy (non-hydrogen) atoms. The molecule has 0 radical (unpaired) electrons. The molecule has 4 heteroatoms. The van der Waals surface area contributed by atoms with Gasteiger partial charge in [-0.2, -0.15) is 0 Å². The van der Waals surface area contributed by atoms with Crippen molar-refractivity contribution in [2.75, 3.05) is 7.11 Å². The minimum absolute atomic E-state index is 0.0946. The molecule has 0 heterocycles. The van der Waals surface area contributed by atoms with Gasteiger partial charge in [0.15, 0.2) is 0 Å². The Morgan fingerprint density at radius 1 is 1.21 bits per heavy atom. The number of benzene rings is 2. The number of hydrogen-bond acceptors (Lipinski definition) is 3. The first-order chi connectivity index (χ1) is 9.10. The van der Waals surface area contributed by atoms with E-state index in [0.717, 1.165) is 0 Å². The number of phenolic OH excluding ortho intramolecular Hbond substituents is 1. The summed E-state index contributed by atoms with van der Waals surface area (Å²) in [5, 5.41) is 9.69. The van der Waals surface area contributed by atoms with Gasteiger partial charge < -0.3 is 9.84 Å². The lowest BCUT2D eigenvalue weighted by molar-refractivity contribution is 0.412. The molecule has 0 bridgehead atoms. The molecule has 0 saturated carbocycles. The zero-order valence-electron chi connectivity index (χ0n) is 10.7. The van der Waals surface area contributed by atoms with Crippen LogP contribution in [0.3, 0.4) is 0 Å². The molecule has 0 atom stereocenters. The summed E-state index contributed by atoms with van der Waals surface area (Å²) >= 11 is 0. The van der Waals surface area contributed by atoms with Crippen LogP contribution in [-0.2, 0) is 0 Å². The third-order valence-electron chi connectivity index (χ3n) is 2.74. The number of methoxy groups -OCH3 is 1. The molecular weight excluding hydrogens is 245 g/mol. The van der Waals surface area contributed by atoms with E-state index in [4.69, 9.17) is 4.74 Å². The van der Waals surface area contributed by atoms with E-state index in [1.807, 2.05) is 0 Å². The molecule has 0 aromatic heterocycles. The fourth-order valence-electron chi connectivity index (χ4n) is 1.57. The summed E-state index contributed by atoms with van der Waals surface area (Å²) in [4.78, 5) is 4.13. The first-order valence-corrected chi connectivity index (χ1v) is 5.77. The molecule has 0 aliphatic rings. The van der Waals surface area contributed by atoms with Crippen molar-refractivity contribution < 1.29 is 14.2 Å². The second kappa shape index (κ2) is 5.52. The molecule has 1 N–H and O–H groups in total. The minimum Gasteiger partial charge on any atom is -0.507 e. The zero-order valence-corrected chi connectivity index (χ0v) is 10.7. The first kappa shape index (κ1) is 13.1. The fraction of sp³-hybridized carbons (Fsp3) is 0.133. The first-order valence-electron chi connectivity index (χ1n) is 5.77. The Bertz CT molecular complexity index is 624. The monoisotopic (exact) mass is 259 g/mol. The van der Waals surface area contributed by atoms with E-state index in [2.05, 4.69) is 4.99 Å². The lowest BCUT2D eigenvalue weighted by atomic mass is 10.2. The number of hydrogen-bond donors (Lipinski definition) is 1. The molecule has 98 valence electrons. The number of aryl methyl sites for hydroxylation is 1. The van der Waals surface area contributed by atoms with Crippen molar-refractivity contribution in [3.63, 3.8) is 0 Å². The number of halogens is 1. The van der Waals surface area contributed by atoms with E-state index < -0.39 is 0 Å². The van der Waals surface area contributed by atoms with Gasteiger partial charge in [0, 0.05) is 11.8 Å². The second-order valence-corrected chi connectivity index (χ2v) is 4.12. The smallest absolute Gasteiger partial charge is 0.128 e. The van der Waals surface area contributed by atoms with Crippen molar-refractivity contribution >= 4 is 11.9 Å². The number of ether oxygens (including phenoxy) is 1. The van der Waals surface area contributed by atoms with Crippen LogP contribution in [0.5, 0.6) is 11.5 Å². The number of aromatic hydroxyl groups is 1. The second-order valence-electron chi connectivity index (χ2n) is 4.12. The topological polar surface area (TPSA) is 41.8 Å². The van der Waals surface area contributed by atoms with Gasteiger partial charge in [-0.3, -0.25) is 4.99 Å². The van der Waals surface area contributed by atoms with Crippen LogP contribution in [0.15, 0.2) is 41.4 Å². The van der Waals surface area contributed by atoms with Crippen molar-refractivity contribution in [2.24, 2.45) is 4.99 Å². The Balaban J connectivity index is 2.29. The molecule has 3 nitrogen and oxygen atoms in total. The van der Waals surface area contributed by atoms with Gasteiger partial charge in [0.2, 0.25) is 0 Å². The molecular formula is C15H14FNO2. The standard InChI is InChI=1S/C15H14FNO2/c1-10-3-4-12(8-14(10)16)17-9-11-7-13(19-2)5-6-15(11)18/h3-9,18H,1-2H3. The van der Waals surface area contributed by atoms with E-state index in [9.17, 15) is 9.50 Å². The molecule has 2 rings (SSSR count). The molecule has 0 saturated heterocycles. The van der Waals surface area contributed by atoms with Gasteiger partial charge >= 0.3 is 0 Å². The lowest BCUT2D eigenvalue weighted by Gasteiger charge is -2.03. The van der Waals surface area contributed by atoms with Crippen molar-refractivity contribution in [3.8, 4) is 11.5 Å². The Kier molecular flexibility index (Phi) is 3.80. The lowest BCUT2D eigenvalue weighted by Crippen LogP contribution is -1.87. The van der Waals surface area contributed by atoms with E-state index in [1.165, 1.54) is 18.3 Å². The van der Waals surface area contributed by atoms with Gasteiger partial charge in [-0.1, -0.05) is 6.07 Å². The molecule has 0 aliphatic carbocycles. The third kappa shape index (κ3) is 3.10. The molecule has 0 amide bonds. The summed E-state index contributed by atoms with van der Waals surface area (Å²) in [6.07, 6.45) is 1.47. The maximum absolute atomic E-state index is 13.4. The predicted octanol–water partition coefficient (Wildman–Crippen LogP) is 3.60. The number of nitrogens with zero attached hydrogens (tertiary/aromatic N) is 1. The van der Waals surface area contributed by atoms with E-state index >= 15 is 0 Å². The van der Waals surface area contributed by atoms with Gasteiger partial charge in [0.05, 0.1) is 12.8 Å². The fourth-order valence-corrected chi connectivity index (χ4v) is 1.57. The molecule has 2 aromatic rings. The minimum atomic E-state index is -0.301. The van der Waals surface area contributed by atoms with Crippen molar-refractivity contribution in [2.45, 2.75) is 6.92 Å². The Labute approximate surface area is 111 Å². The van der Waals surface area contributed by atoms with Crippen LogP contribution < -0.4 is 4.74 Å². The van der Waals surface area contributed by atoms with Gasteiger partial charge in [0.25, 0.3) is 0 Å². The van der Waals surface area contributed by atoms with Crippen LogP contribution in [0.25, 0.3) is 0 Å². The highest BCUT2D eigenvalue weighted by molar-refractivity contribution is 5.85. The average Bonchev–Trinajstić information content (AvgIpc) is 2.41. The summed E-state index contributed by atoms with van der Waals surface area (Å²) in [6, 6.07) is 9.56. The van der Waals surface area contributed by atoms with Gasteiger partial charge in [0.1, 0.15) is 17.3 Å². The molecule has 0 fully saturated rings. The molecule has 2 aromatic carbocycles. The van der Waals surface area contributed by atoms with Gasteiger partial charge in [-0.05, 0) is 42.8 Å². The molecule has 0 spiro atoms. The molecule has 0 unspecified atom stereocenters. The van der Waals surface area contributed by atoms with E-state index in [1.54, 1.807) is 38.3 Å². The largest absolute Gasteiger partial charge is 0.507 e. The van der Waals surface area contributed by atoms with Crippen LogP contribution in [0.2, 0.25) is 0 Å². The highest BCUT2D eigenvalue weighted by Crippen LogP contribution is 2.22. The maximum atomic E-state index is 13.4. The Morgan fingerprint density at radius 3 is 2.68 bits per heavy atom. The number of rotatable bonds is 3. The summed E-state index contributed by atoms with van der Waals surface area (Å²) in [6.45, 7) is 1.69. The average molecular weight is 259 g/mol. The van der Waals surface area contributed by atoms with Crippen molar-refractivity contribution in [1.82, 2.24) is 0 Å². The van der Waals surface area contributed by atoms with Crippen LogP contribution >= 0.6 is 0 Å². The van der Waals surface area contributed by atoms with Crippen molar-refractivity contribution in [3.05, 3.63) is 53.3 Å². The van der Waals surface area contributed by atoms with E-state index in [0.29, 0.717) is 22.6 Å². The van der Waals surface area contributed by atoms with Gasteiger partial charge in [-0.25, -0.2) is 4.39 Å². The number of aliphatic imine (C=N–C) groups is 1. The van der Waals surface area contributed by atoms with Gasteiger partial charge in [-0.15, -0.1) is 0 Å². The van der Waals surface area contributed by atoms with E-state index in [-0.39, 0.29) is 11.6 Å². The van der Waals surface area contributed by atoms with Crippen LogP contribution in [-0.4, -0.2) is 18.4 Å². The maximum Gasteiger partial charge on any atom is 0.128 e. The zero-order chi connectivity index (χ0) is 13.8. The summed E-state index contributed by atoms with van der Waals surface area (Å²) in [5.41, 5.74) is 1.58. The van der Waals surface area contributed by atoms with Crippen LogP contribution in [0, 0.1) is 12.7 Å². The summed E-state index contributed by atoms with van der Waals surface area (Å²) in [5.74, 6) is 0.413. The normalized spacial score (nSPS) is 10.9. The Morgan fingerprint density at radius 2 is 2.00 bits per heavy atom. The highest BCUT2D eigenvalue weighted by atomic mass is 19.1. The molecule has 0 aliphatic heterocycles.